The van der Waals surface area contributed by atoms with E-state index in [1.54, 1.807) is 24.3 Å². The van der Waals surface area contributed by atoms with Crippen molar-refractivity contribution < 1.29 is 32.6 Å². The van der Waals surface area contributed by atoms with E-state index in [1.807, 2.05) is 0 Å². The second kappa shape index (κ2) is 9.25. The second-order valence-corrected chi connectivity index (χ2v) is 6.29. The van der Waals surface area contributed by atoms with E-state index in [2.05, 4.69) is 5.32 Å². The van der Waals surface area contributed by atoms with Crippen molar-refractivity contribution in [1.82, 2.24) is 5.32 Å². The summed E-state index contributed by atoms with van der Waals surface area (Å²) in [6.07, 6.45) is -4.65. The van der Waals surface area contributed by atoms with Crippen molar-refractivity contribution in [3.05, 3.63) is 65.2 Å². The number of nitrogens with one attached hydrogen (secondary N) is 1. The maximum atomic E-state index is 12.6. The van der Waals surface area contributed by atoms with Crippen LogP contribution in [0.3, 0.4) is 0 Å². The molecule has 2 rings (SSSR count). The van der Waals surface area contributed by atoms with Crippen LogP contribution >= 0.6 is 0 Å². The highest BCUT2D eigenvalue weighted by Crippen LogP contribution is 2.29. The fourth-order valence-corrected chi connectivity index (χ4v) is 2.75. The number of carbonyl (C=O) groups is 2. The van der Waals surface area contributed by atoms with Crippen molar-refractivity contribution in [1.29, 1.82) is 0 Å². The lowest BCUT2D eigenvalue weighted by Crippen LogP contribution is -2.39. The Balaban J connectivity index is 2.04. The number of aliphatic carboxylic acids is 1. The summed E-state index contributed by atoms with van der Waals surface area (Å²) in [6.45, 7) is 0. The summed E-state index contributed by atoms with van der Waals surface area (Å²) >= 11 is 0. The van der Waals surface area contributed by atoms with Crippen molar-refractivity contribution in [2.75, 3.05) is 7.11 Å². The van der Waals surface area contributed by atoms with Crippen LogP contribution in [0.15, 0.2) is 48.5 Å². The molecule has 2 N–H and O–H groups in total. The van der Waals surface area contributed by atoms with Crippen molar-refractivity contribution in [2.45, 2.75) is 31.5 Å². The Kier molecular flexibility index (Phi) is 7.03. The minimum absolute atomic E-state index is 0.0281. The highest BCUT2D eigenvalue weighted by atomic mass is 19.4. The molecule has 1 atom stereocenters. The molecule has 0 radical (unpaired) electrons. The number of benzene rings is 2. The number of rotatable bonds is 8. The molecule has 150 valence electrons. The zero-order valence-electron chi connectivity index (χ0n) is 15.1. The SMILES string of the molecule is COc1cccc(CC(=O)NC(CC(=O)O)Cc2ccc(C(F)(F)F)cc2)c1. The topological polar surface area (TPSA) is 75.6 Å². The number of hydrogen-bond acceptors (Lipinski definition) is 3. The van der Waals surface area contributed by atoms with Crippen LogP contribution in [0.4, 0.5) is 13.2 Å². The van der Waals surface area contributed by atoms with Gasteiger partial charge < -0.3 is 15.2 Å². The van der Waals surface area contributed by atoms with Gasteiger partial charge in [-0.2, -0.15) is 13.2 Å². The van der Waals surface area contributed by atoms with Gasteiger partial charge in [-0.1, -0.05) is 24.3 Å². The minimum Gasteiger partial charge on any atom is -0.497 e. The molecule has 1 unspecified atom stereocenters. The van der Waals surface area contributed by atoms with Crippen LogP contribution in [0.1, 0.15) is 23.1 Å². The molecule has 0 aliphatic carbocycles. The fourth-order valence-electron chi connectivity index (χ4n) is 2.75. The molecule has 0 bridgehead atoms. The van der Waals surface area contributed by atoms with Gasteiger partial charge in [-0.05, 0) is 41.8 Å². The molecule has 0 heterocycles. The Bertz CT molecular complexity index is 819. The molecule has 28 heavy (non-hydrogen) atoms. The molecular weight excluding hydrogens is 375 g/mol. The van der Waals surface area contributed by atoms with Crippen molar-refractivity contribution in [2.24, 2.45) is 0 Å². The van der Waals surface area contributed by atoms with Gasteiger partial charge in [0.1, 0.15) is 5.75 Å². The summed E-state index contributed by atoms with van der Waals surface area (Å²) in [7, 11) is 1.51. The number of hydrogen-bond donors (Lipinski definition) is 2. The van der Waals surface area contributed by atoms with Gasteiger partial charge in [0.2, 0.25) is 5.91 Å². The summed E-state index contributed by atoms with van der Waals surface area (Å²) in [5, 5.41) is 11.7. The summed E-state index contributed by atoms with van der Waals surface area (Å²) in [5.41, 5.74) is 0.412. The van der Waals surface area contributed by atoms with Gasteiger partial charge in [0, 0.05) is 6.04 Å². The van der Waals surface area contributed by atoms with Crippen LogP contribution in [0, 0.1) is 0 Å². The van der Waals surface area contributed by atoms with Crippen LogP contribution in [-0.2, 0) is 28.6 Å². The molecule has 0 aliphatic rings. The molecule has 0 spiro atoms. The van der Waals surface area contributed by atoms with E-state index in [1.165, 1.54) is 19.2 Å². The first-order valence-corrected chi connectivity index (χ1v) is 8.47. The number of halogens is 3. The Morgan fingerprint density at radius 1 is 1.11 bits per heavy atom. The highest BCUT2D eigenvalue weighted by molar-refractivity contribution is 5.79. The third kappa shape index (κ3) is 6.61. The van der Waals surface area contributed by atoms with E-state index in [4.69, 9.17) is 9.84 Å². The molecule has 1 amide bonds. The quantitative estimate of drug-likeness (QED) is 0.718. The average Bonchev–Trinajstić information content (AvgIpc) is 2.60. The summed E-state index contributed by atoms with van der Waals surface area (Å²) < 4.78 is 43.0. The minimum atomic E-state index is -4.44. The lowest BCUT2D eigenvalue weighted by Gasteiger charge is -2.18. The van der Waals surface area contributed by atoms with Gasteiger partial charge in [-0.15, -0.1) is 0 Å². The molecule has 0 saturated heterocycles. The monoisotopic (exact) mass is 395 g/mol. The second-order valence-electron chi connectivity index (χ2n) is 6.29. The summed E-state index contributed by atoms with van der Waals surface area (Å²) in [6, 6.07) is 10.6. The van der Waals surface area contributed by atoms with Crippen molar-refractivity contribution in [3.63, 3.8) is 0 Å². The predicted octanol–water partition coefficient (Wildman–Crippen LogP) is 3.46. The maximum Gasteiger partial charge on any atom is 0.416 e. The van der Waals surface area contributed by atoms with Gasteiger partial charge in [0.05, 0.1) is 25.5 Å². The molecule has 8 heteroatoms. The van der Waals surface area contributed by atoms with Crippen LogP contribution in [0.2, 0.25) is 0 Å². The molecule has 2 aromatic rings. The van der Waals surface area contributed by atoms with Gasteiger partial charge in [0.25, 0.3) is 0 Å². The number of ether oxygens (including phenoxy) is 1. The number of carbonyl (C=O) groups excluding carboxylic acids is 1. The van der Waals surface area contributed by atoms with E-state index < -0.39 is 23.8 Å². The Hall–Kier alpha value is -3.03. The number of carboxylic acid groups (broad SMARTS) is 1. The van der Waals surface area contributed by atoms with Crippen LogP contribution in [0.5, 0.6) is 5.75 Å². The van der Waals surface area contributed by atoms with Crippen molar-refractivity contribution in [3.8, 4) is 5.75 Å². The highest BCUT2D eigenvalue weighted by Gasteiger charge is 2.30. The largest absolute Gasteiger partial charge is 0.497 e. The number of methoxy groups -OCH3 is 1. The normalized spacial score (nSPS) is 12.3. The van der Waals surface area contributed by atoms with Gasteiger partial charge in [-0.25, -0.2) is 0 Å². The first-order chi connectivity index (χ1) is 13.2. The standard InChI is InChI=1S/C20H20F3NO4/c1-28-17-4-2-3-14(10-17)11-18(25)24-16(12-19(26)27)9-13-5-7-15(8-6-13)20(21,22)23/h2-8,10,16H,9,11-12H2,1H3,(H,24,25)(H,26,27). The third-order valence-electron chi connectivity index (χ3n) is 4.05. The first-order valence-electron chi connectivity index (χ1n) is 8.47. The van der Waals surface area contributed by atoms with Crippen molar-refractivity contribution >= 4 is 11.9 Å². The van der Waals surface area contributed by atoms with Crippen LogP contribution < -0.4 is 10.1 Å². The first kappa shape index (κ1) is 21.3. The molecular formula is C20H20F3NO4. The van der Waals surface area contributed by atoms with E-state index >= 15 is 0 Å². The summed E-state index contributed by atoms with van der Waals surface area (Å²) in [4.78, 5) is 23.4. The molecule has 0 aromatic heterocycles. The number of alkyl halides is 3. The zero-order valence-corrected chi connectivity index (χ0v) is 15.1. The van der Waals surface area contributed by atoms with E-state index in [0.29, 0.717) is 16.9 Å². The number of amides is 1. The Labute approximate surface area is 160 Å². The smallest absolute Gasteiger partial charge is 0.416 e. The average molecular weight is 395 g/mol. The molecule has 0 saturated carbocycles. The fraction of sp³-hybridized carbons (Fsp3) is 0.300. The van der Waals surface area contributed by atoms with E-state index in [0.717, 1.165) is 12.1 Å². The van der Waals surface area contributed by atoms with Gasteiger partial charge in [-0.3, -0.25) is 9.59 Å². The number of carboxylic acids is 1. The Morgan fingerprint density at radius 2 is 1.79 bits per heavy atom. The van der Waals surface area contributed by atoms with Crippen LogP contribution in [-0.4, -0.2) is 30.1 Å². The zero-order chi connectivity index (χ0) is 20.7. The van der Waals surface area contributed by atoms with E-state index in [9.17, 15) is 22.8 Å². The molecule has 5 nitrogen and oxygen atoms in total. The molecule has 0 fully saturated rings. The molecule has 2 aromatic carbocycles. The van der Waals surface area contributed by atoms with E-state index in [-0.39, 0.29) is 25.2 Å². The van der Waals surface area contributed by atoms with Gasteiger partial charge >= 0.3 is 12.1 Å². The third-order valence-corrected chi connectivity index (χ3v) is 4.05. The molecule has 0 aliphatic heterocycles. The van der Waals surface area contributed by atoms with Gasteiger partial charge in [0.15, 0.2) is 0 Å². The lowest BCUT2D eigenvalue weighted by molar-refractivity contribution is -0.138. The Morgan fingerprint density at radius 3 is 2.36 bits per heavy atom. The maximum absolute atomic E-state index is 12.6. The lowest BCUT2D eigenvalue weighted by atomic mass is 10.0. The summed E-state index contributed by atoms with van der Waals surface area (Å²) in [5.74, 6) is -0.901. The predicted molar refractivity (Wildman–Crippen MR) is 96.0 cm³/mol. The van der Waals surface area contributed by atoms with Crippen LogP contribution in [0.25, 0.3) is 0 Å².